The molecule has 0 saturated carbocycles. The smallest absolute Gasteiger partial charge is 0.251 e. The van der Waals surface area contributed by atoms with E-state index < -0.39 is 10.0 Å². The highest BCUT2D eigenvalue weighted by atomic mass is 32.2. The SMILES string of the molecule is CCOc1ccc(S(=O)(=O)N(Cc2ccccc2)Cc2ccc(C(=O)NCCc3ccccc3)cc2)cc1. The van der Waals surface area contributed by atoms with E-state index >= 15 is 0 Å². The summed E-state index contributed by atoms with van der Waals surface area (Å²) in [6.07, 6.45) is 0.752. The molecule has 1 N–H and O–H groups in total. The molecule has 4 aromatic carbocycles. The molecule has 0 aromatic heterocycles. The van der Waals surface area contributed by atoms with Gasteiger partial charge in [-0.2, -0.15) is 4.31 Å². The van der Waals surface area contributed by atoms with Crippen LogP contribution in [0.4, 0.5) is 0 Å². The number of carbonyl (C=O) groups is 1. The first-order valence-electron chi connectivity index (χ1n) is 12.6. The first-order valence-corrected chi connectivity index (χ1v) is 14.1. The third-order valence-corrected chi connectivity index (χ3v) is 7.90. The lowest BCUT2D eigenvalue weighted by molar-refractivity contribution is 0.0954. The van der Waals surface area contributed by atoms with Gasteiger partial charge < -0.3 is 10.1 Å². The Hall–Kier alpha value is -3.94. The van der Waals surface area contributed by atoms with Crippen LogP contribution < -0.4 is 10.1 Å². The molecule has 7 heteroatoms. The molecule has 0 bridgehead atoms. The van der Waals surface area contributed by atoms with Gasteiger partial charge in [0.25, 0.3) is 5.91 Å². The predicted octanol–water partition coefficient (Wildman–Crippen LogP) is 5.45. The van der Waals surface area contributed by atoms with Gasteiger partial charge in [0.2, 0.25) is 10.0 Å². The maximum Gasteiger partial charge on any atom is 0.251 e. The van der Waals surface area contributed by atoms with E-state index in [2.05, 4.69) is 5.32 Å². The zero-order chi connectivity index (χ0) is 26.8. The van der Waals surface area contributed by atoms with Crippen LogP contribution in [0.3, 0.4) is 0 Å². The number of hydrogen-bond donors (Lipinski definition) is 1. The first kappa shape index (κ1) is 27.1. The van der Waals surface area contributed by atoms with Crippen LogP contribution in [0.1, 0.15) is 34.0 Å². The highest BCUT2D eigenvalue weighted by Crippen LogP contribution is 2.23. The first-order chi connectivity index (χ1) is 18.5. The molecule has 4 rings (SSSR count). The number of rotatable bonds is 12. The van der Waals surface area contributed by atoms with Crippen LogP contribution in [0.25, 0.3) is 0 Å². The maximum absolute atomic E-state index is 13.6. The number of ether oxygens (including phenoxy) is 1. The fourth-order valence-electron chi connectivity index (χ4n) is 4.07. The Labute approximate surface area is 225 Å². The van der Waals surface area contributed by atoms with E-state index in [1.54, 1.807) is 48.5 Å². The quantitative estimate of drug-likeness (QED) is 0.265. The number of hydrogen-bond acceptors (Lipinski definition) is 4. The van der Waals surface area contributed by atoms with Crippen LogP contribution in [0.15, 0.2) is 114 Å². The molecule has 6 nitrogen and oxygen atoms in total. The molecule has 196 valence electrons. The standard InChI is InChI=1S/C31H32N2O4S/c1-2-37-29-17-19-30(20-18-29)38(35,36)33(23-26-11-7-4-8-12-26)24-27-13-15-28(16-14-27)31(34)32-22-21-25-9-5-3-6-10-25/h3-20H,2,21-24H2,1H3,(H,32,34). The van der Waals surface area contributed by atoms with E-state index in [1.165, 1.54) is 4.31 Å². The minimum absolute atomic E-state index is 0.157. The van der Waals surface area contributed by atoms with Crippen LogP contribution in [-0.4, -0.2) is 31.8 Å². The van der Waals surface area contributed by atoms with Gasteiger partial charge >= 0.3 is 0 Å². The van der Waals surface area contributed by atoms with E-state index in [-0.39, 0.29) is 23.9 Å². The van der Waals surface area contributed by atoms with Crippen LogP contribution in [0.5, 0.6) is 5.75 Å². The van der Waals surface area contributed by atoms with Gasteiger partial charge in [0, 0.05) is 25.2 Å². The highest BCUT2D eigenvalue weighted by molar-refractivity contribution is 7.89. The van der Waals surface area contributed by atoms with Crippen LogP contribution in [0, 0.1) is 0 Å². The van der Waals surface area contributed by atoms with E-state index in [9.17, 15) is 13.2 Å². The summed E-state index contributed by atoms with van der Waals surface area (Å²) in [6.45, 7) is 3.31. The molecule has 1 amide bonds. The zero-order valence-electron chi connectivity index (χ0n) is 21.4. The number of sulfonamides is 1. The normalized spacial score (nSPS) is 11.3. The van der Waals surface area contributed by atoms with Gasteiger partial charge in [0.05, 0.1) is 11.5 Å². The molecule has 0 spiro atoms. The largest absolute Gasteiger partial charge is 0.494 e. The number of benzene rings is 4. The van der Waals surface area contributed by atoms with Crippen molar-refractivity contribution < 1.29 is 17.9 Å². The molecule has 0 aliphatic heterocycles. The van der Waals surface area contributed by atoms with E-state index in [0.717, 1.165) is 23.1 Å². The number of nitrogens with zero attached hydrogens (tertiary/aromatic N) is 1. The molecule has 0 fully saturated rings. The van der Waals surface area contributed by atoms with Gasteiger partial charge in [-0.1, -0.05) is 72.8 Å². The topological polar surface area (TPSA) is 75.7 Å². The molecule has 0 aliphatic rings. The van der Waals surface area contributed by atoms with Crippen molar-refractivity contribution in [2.75, 3.05) is 13.2 Å². The molecule has 0 unspecified atom stereocenters. The molecular formula is C31H32N2O4S. The van der Waals surface area contributed by atoms with Crippen LogP contribution in [-0.2, 0) is 29.5 Å². The van der Waals surface area contributed by atoms with Crippen molar-refractivity contribution >= 4 is 15.9 Å². The molecule has 38 heavy (non-hydrogen) atoms. The molecular weight excluding hydrogens is 496 g/mol. The van der Waals surface area contributed by atoms with Gasteiger partial charge in [0.1, 0.15) is 5.75 Å². The lowest BCUT2D eigenvalue weighted by Gasteiger charge is -2.23. The van der Waals surface area contributed by atoms with Gasteiger partial charge in [-0.25, -0.2) is 8.42 Å². The zero-order valence-corrected chi connectivity index (χ0v) is 22.2. The average molecular weight is 529 g/mol. The van der Waals surface area contributed by atoms with Gasteiger partial charge in [-0.3, -0.25) is 4.79 Å². The molecule has 0 saturated heterocycles. The Balaban J connectivity index is 1.47. The maximum atomic E-state index is 13.6. The van der Waals surface area contributed by atoms with Crippen LogP contribution in [0.2, 0.25) is 0 Å². The average Bonchev–Trinajstić information content (AvgIpc) is 2.95. The lowest BCUT2D eigenvalue weighted by Crippen LogP contribution is -2.30. The van der Waals surface area contributed by atoms with Crippen molar-refractivity contribution in [3.63, 3.8) is 0 Å². The summed E-state index contributed by atoms with van der Waals surface area (Å²) in [6, 6.07) is 33.0. The Morgan fingerprint density at radius 1 is 0.737 bits per heavy atom. The monoisotopic (exact) mass is 528 g/mol. The van der Waals surface area contributed by atoms with Crippen molar-refractivity contribution in [1.29, 1.82) is 0 Å². The van der Waals surface area contributed by atoms with Crippen molar-refractivity contribution in [2.45, 2.75) is 31.3 Å². The van der Waals surface area contributed by atoms with Gasteiger partial charge in [0.15, 0.2) is 0 Å². The predicted molar refractivity (Wildman–Crippen MR) is 149 cm³/mol. The summed E-state index contributed by atoms with van der Waals surface area (Å²) in [5.41, 5.74) is 3.37. The van der Waals surface area contributed by atoms with Crippen LogP contribution >= 0.6 is 0 Å². The summed E-state index contributed by atoms with van der Waals surface area (Å²) < 4.78 is 34.2. The minimum Gasteiger partial charge on any atom is -0.494 e. The molecule has 0 radical (unpaired) electrons. The summed E-state index contributed by atoms with van der Waals surface area (Å²) in [4.78, 5) is 12.8. The van der Waals surface area contributed by atoms with E-state index in [0.29, 0.717) is 24.5 Å². The molecule has 0 atom stereocenters. The van der Waals surface area contributed by atoms with Crippen molar-refractivity contribution in [1.82, 2.24) is 9.62 Å². The second-order valence-electron chi connectivity index (χ2n) is 8.85. The summed E-state index contributed by atoms with van der Waals surface area (Å²) in [5.74, 6) is 0.467. The Kier molecular flexibility index (Phi) is 9.30. The Bertz CT molecular complexity index is 1410. The summed E-state index contributed by atoms with van der Waals surface area (Å²) in [7, 11) is -3.80. The number of amides is 1. The lowest BCUT2D eigenvalue weighted by atomic mass is 10.1. The van der Waals surface area contributed by atoms with Crippen molar-refractivity contribution in [2.24, 2.45) is 0 Å². The van der Waals surface area contributed by atoms with Crippen molar-refractivity contribution in [3.05, 3.63) is 131 Å². The highest BCUT2D eigenvalue weighted by Gasteiger charge is 2.25. The molecule has 0 aliphatic carbocycles. The molecule has 4 aromatic rings. The third-order valence-electron chi connectivity index (χ3n) is 6.09. The fraction of sp³-hybridized carbons (Fsp3) is 0.194. The fourth-order valence-corrected chi connectivity index (χ4v) is 5.48. The summed E-state index contributed by atoms with van der Waals surface area (Å²) >= 11 is 0. The van der Waals surface area contributed by atoms with Gasteiger partial charge in [-0.05, 0) is 66.4 Å². The second-order valence-corrected chi connectivity index (χ2v) is 10.8. The number of nitrogens with one attached hydrogen (secondary N) is 1. The second kappa shape index (κ2) is 13.0. The summed E-state index contributed by atoms with van der Waals surface area (Å²) in [5, 5.41) is 2.94. The minimum atomic E-state index is -3.80. The number of carbonyl (C=O) groups excluding carboxylic acids is 1. The third kappa shape index (κ3) is 7.31. The van der Waals surface area contributed by atoms with Crippen molar-refractivity contribution in [3.8, 4) is 5.75 Å². The Morgan fingerprint density at radius 2 is 1.29 bits per heavy atom. The van der Waals surface area contributed by atoms with Gasteiger partial charge in [-0.15, -0.1) is 0 Å². The van der Waals surface area contributed by atoms with E-state index in [1.807, 2.05) is 67.6 Å². The molecule has 0 heterocycles. The Morgan fingerprint density at radius 3 is 1.87 bits per heavy atom. The van der Waals surface area contributed by atoms with E-state index in [4.69, 9.17) is 4.74 Å².